The number of piperazine rings is 1. The Kier molecular flexibility index (Phi) is 7.08. The smallest absolute Gasteiger partial charge is 0.343 e. The summed E-state index contributed by atoms with van der Waals surface area (Å²) >= 11 is 0. The molecule has 0 aromatic carbocycles. The highest BCUT2D eigenvalue weighted by Crippen LogP contribution is 2.39. The van der Waals surface area contributed by atoms with Crippen LogP contribution in [0.2, 0.25) is 0 Å². The van der Waals surface area contributed by atoms with Crippen molar-refractivity contribution in [2.24, 2.45) is 7.05 Å². The van der Waals surface area contributed by atoms with Crippen molar-refractivity contribution in [2.45, 2.75) is 39.3 Å². The van der Waals surface area contributed by atoms with E-state index in [0.29, 0.717) is 26.2 Å². The van der Waals surface area contributed by atoms with Gasteiger partial charge in [0.15, 0.2) is 12.0 Å². The van der Waals surface area contributed by atoms with Gasteiger partial charge < -0.3 is 20.0 Å². The number of aromatic nitrogens is 2. The lowest BCUT2D eigenvalue weighted by Gasteiger charge is -2.40. The predicted octanol–water partition coefficient (Wildman–Crippen LogP) is 0.484. The highest BCUT2D eigenvalue weighted by atomic mass is 19.4. The molecule has 1 N–H and O–H groups in total. The first-order chi connectivity index (χ1) is 15.5. The second kappa shape index (κ2) is 9.48. The van der Waals surface area contributed by atoms with Gasteiger partial charge in [-0.2, -0.15) is 18.2 Å². The van der Waals surface area contributed by atoms with E-state index in [9.17, 15) is 22.8 Å². The molecule has 182 valence electrons. The summed E-state index contributed by atoms with van der Waals surface area (Å²) < 4.78 is 40.8. The number of hydrogen-bond acceptors (Lipinski definition) is 9. The summed E-state index contributed by atoms with van der Waals surface area (Å²) in [6.45, 7) is 7.48. The Balaban J connectivity index is 2.22. The number of carbonyl (C=O) groups is 1. The lowest BCUT2D eigenvalue weighted by molar-refractivity contribution is -0.203. The minimum absolute atomic E-state index is 0.0275. The fraction of sp³-hybridized carbons (Fsp3) is 0.650. The monoisotopic (exact) mass is 471 g/mol. The molecule has 0 bridgehead atoms. The van der Waals surface area contributed by atoms with Crippen LogP contribution in [0.5, 0.6) is 0 Å². The molecule has 2 aliphatic heterocycles. The molecule has 13 heteroatoms. The molecule has 1 aromatic heterocycles. The highest BCUT2D eigenvalue weighted by Gasteiger charge is 2.50. The van der Waals surface area contributed by atoms with E-state index in [1.165, 1.54) is 16.5 Å². The summed E-state index contributed by atoms with van der Waals surface area (Å²) in [7, 11) is 3.26. The quantitative estimate of drug-likeness (QED) is 0.617. The SMILES string of the molecule is CC#CCN1c2c(nc(N(C)C(C)C)n(C)c2=O)N(OC(=O)C(F)(F)F)C1N1CCNCC1. The van der Waals surface area contributed by atoms with Gasteiger partial charge in [-0.15, -0.1) is 11.0 Å². The predicted molar refractivity (Wildman–Crippen MR) is 117 cm³/mol. The van der Waals surface area contributed by atoms with Gasteiger partial charge in [-0.05, 0) is 20.8 Å². The fourth-order valence-corrected chi connectivity index (χ4v) is 3.69. The molecule has 1 fully saturated rings. The number of nitrogens with one attached hydrogen (secondary N) is 1. The molecule has 1 aromatic rings. The van der Waals surface area contributed by atoms with Crippen molar-refractivity contribution in [3.8, 4) is 11.8 Å². The van der Waals surface area contributed by atoms with Crippen molar-refractivity contribution < 1.29 is 22.8 Å². The molecule has 0 aliphatic carbocycles. The molecule has 3 rings (SSSR count). The van der Waals surface area contributed by atoms with Crippen molar-refractivity contribution in [1.82, 2.24) is 19.8 Å². The summed E-state index contributed by atoms with van der Waals surface area (Å²) in [4.78, 5) is 39.7. The van der Waals surface area contributed by atoms with Gasteiger partial charge in [0.1, 0.15) is 0 Å². The third-order valence-electron chi connectivity index (χ3n) is 5.62. The lowest BCUT2D eigenvalue weighted by Crippen LogP contribution is -2.61. The van der Waals surface area contributed by atoms with Crippen LogP contribution in [0, 0.1) is 11.8 Å². The van der Waals surface area contributed by atoms with E-state index in [2.05, 4.69) is 22.1 Å². The van der Waals surface area contributed by atoms with Crippen LogP contribution in [-0.4, -0.2) is 78.7 Å². The number of carbonyl (C=O) groups excluding carboxylic acids is 1. The van der Waals surface area contributed by atoms with Crippen LogP contribution < -0.4 is 25.7 Å². The van der Waals surface area contributed by atoms with Gasteiger partial charge in [0, 0.05) is 46.3 Å². The molecule has 1 unspecified atom stereocenters. The highest BCUT2D eigenvalue weighted by molar-refractivity contribution is 5.80. The molecule has 0 radical (unpaired) electrons. The molecular weight excluding hydrogens is 443 g/mol. The molecular formula is C20H28F3N7O3. The zero-order valence-electron chi connectivity index (χ0n) is 19.2. The maximum Gasteiger partial charge on any atom is 0.493 e. The Morgan fingerprint density at radius 3 is 2.52 bits per heavy atom. The van der Waals surface area contributed by atoms with Crippen LogP contribution in [0.25, 0.3) is 0 Å². The summed E-state index contributed by atoms with van der Waals surface area (Å²) in [6, 6.07) is -0.0558. The second-order valence-electron chi connectivity index (χ2n) is 8.04. The number of anilines is 3. The standard InChI is InChI=1S/C20H28F3N7O3/c1-6-7-10-29-14-15(25-18(26(4)13(2)3)27(5)16(14)31)30(33-17(32)20(21,22)23)19(29)28-11-8-24-9-12-28/h13,19,24H,8-12H2,1-5H3. The van der Waals surface area contributed by atoms with Crippen molar-refractivity contribution in [1.29, 1.82) is 0 Å². The zero-order valence-corrected chi connectivity index (χ0v) is 19.2. The number of hydroxylamine groups is 1. The summed E-state index contributed by atoms with van der Waals surface area (Å²) in [5, 5.41) is 3.97. The third-order valence-corrected chi connectivity index (χ3v) is 5.62. The first-order valence-corrected chi connectivity index (χ1v) is 10.5. The Bertz CT molecular complexity index is 1010. The van der Waals surface area contributed by atoms with Gasteiger partial charge in [0.05, 0.1) is 6.54 Å². The number of halogens is 3. The Morgan fingerprint density at radius 2 is 1.97 bits per heavy atom. The van der Waals surface area contributed by atoms with E-state index in [4.69, 9.17) is 4.84 Å². The lowest BCUT2D eigenvalue weighted by atomic mass is 10.3. The number of nitrogens with zero attached hydrogens (tertiary/aromatic N) is 6. The van der Waals surface area contributed by atoms with Gasteiger partial charge in [-0.3, -0.25) is 14.3 Å². The number of alkyl halides is 3. The molecule has 0 spiro atoms. The molecule has 0 amide bonds. The number of fused-ring (bicyclic) bond motifs is 1. The molecule has 10 nitrogen and oxygen atoms in total. The van der Waals surface area contributed by atoms with E-state index in [1.54, 1.807) is 18.9 Å². The van der Waals surface area contributed by atoms with E-state index < -0.39 is 24.0 Å². The largest absolute Gasteiger partial charge is 0.493 e. The summed E-state index contributed by atoms with van der Waals surface area (Å²) in [5.41, 5.74) is -0.453. The van der Waals surface area contributed by atoms with Crippen molar-refractivity contribution in [3.63, 3.8) is 0 Å². The minimum Gasteiger partial charge on any atom is -0.343 e. The third kappa shape index (κ3) is 4.72. The average molecular weight is 471 g/mol. The number of rotatable bonds is 5. The van der Waals surface area contributed by atoms with Gasteiger partial charge in [0.2, 0.25) is 11.8 Å². The Morgan fingerprint density at radius 1 is 1.33 bits per heavy atom. The Labute approximate surface area is 189 Å². The molecule has 1 atom stereocenters. The van der Waals surface area contributed by atoms with Gasteiger partial charge >= 0.3 is 12.1 Å². The fourth-order valence-electron chi connectivity index (χ4n) is 3.69. The Hall–Kier alpha value is -2.98. The molecule has 3 heterocycles. The van der Waals surface area contributed by atoms with Crippen molar-refractivity contribution in [2.75, 3.05) is 54.6 Å². The molecule has 2 aliphatic rings. The van der Waals surface area contributed by atoms with E-state index in [1.807, 2.05) is 18.7 Å². The van der Waals surface area contributed by atoms with E-state index in [-0.39, 0.29) is 30.0 Å². The van der Waals surface area contributed by atoms with Crippen LogP contribution in [0.3, 0.4) is 0 Å². The van der Waals surface area contributed by atoms with Crippen molar-refractivity contribution in [3.05, 3.63) is 10.4 Å². The first-order valence-electron chi connectivity index (χ1n) is 10.5. The maximum atomic E-state index is 13.4. The molecule has 33 heavy (non-hydrogen) atoms. The van der Waals surface area contributed by atoms with E-state index in [0.717, 1.165) is 5.06 Å². The topological polar surface area (TPSA) is 86.2 Å². The van der Waals surface area contributed by atoms with Gasteiger partial charge in [-0.25, -0.2) is 4.79 Å². The first kappa shape index (κ1) is 24.7. The van der Waals surface area contributed by atoms with Gasteiger partial charge in [0.25, 0.3) is 5.56 Å². The second-order valence-corrected chi connectivity index (χ2v) is 8.04. The summed E-state index contributed by atoms with van der Waals surface area (Å²) in [5.74, 6) is 3.29. The van der Waals surface area contributed by atoms with Crippen LogP contribution in [0.4, 0.5) is 30.6 Å². The van der Waals surface area contributed by atoms with Gasteiger partial charge in [-0.1, -0.05) is 5.92 Å². The maximum absolute atomic E-state index is 13.4. The zero-order chi connectivity index (χ0) is 24.5. The van der Waals surface area contributed by atoms with Crippen molar-refractivity contribution >= 4 is 23.4 Å². The average Bonchev–Trinajstić information content (AvgIpc) is 3.07. The normalized spacial score (nSPS) is 18.8. The number of hydrogen-bond donors (Lipinski definition) is 1. The molecule has 0 saturated carbocycles. The van der Waals surface area contributed by atoms with Crippen LogP contribution in [-0.2, 0) is 16.7 Å². The van der Waals surface area contributed by atoms with Crippen LogP contribution in [0.15, 0.2) is 4.79 Å². The van der Waals surface area contributed by atoms with Crippen LogP contribution >= 0.6 is 0 Å². The van der Waals surface area contributed by atoms with Crippen LogP contribution in [0.1, 0.15) is 20.8 Å². The minimum atomic E-state index is -5.22. The summed E-state index contributed by atoms with van der Waals surface area (Å²) in [6.07, 6.45) is -6.23. The molecule has 1 saturated heterocycles. The van der Waals surface area contributed by atoms with E-state index >= 15 is 0 Å².